The van der Waals surface area contributed by atoms with Crippen molar-refractivity contribution in [1.82, 2.24) is 20.1 Å². The van der Waals surface area contributed by atoms with E-state index >= 15 is 0 Å². The molecule has 2 rings (SSSR count). The quantitative estimate of drug-likeness (QED) is 0.861. The second-order valence-corrected chi connectivity index (χ2v) is 4.50. The zero-order valence-corrected chi connectivity index (χ0v) is 11.2. The molecule has 2 aromatic rings. The monoisotopic (exact) mass is 316 g/mol. The van der Waals surface area contributed by atoms with Crippen LogP contribution in [0.4, 0.5) is 17.6 Å². The summed E-state index contributed by atoms with van der Waals surface area (Å²) in [7, 11) is 0. The number of alkyl halides is 3. The Bertz CT molecular complexity index is 610. The van der Waals surface area contributed by atoms with Gasteiger partial charge in [-0.3, -0.25) is 9.48 Å². The van der Waals surface area contributed by atoms with Crippen molar-refractivity contribution >= 4 is 5.91 Å². The van der Waals surface area contributed by atoms with Gasteiger partial charge in [-0.1, -0.05) is 12.1 Å². The molecule has 0 fully saturated rings. The number of nitrogens with zero attached hydrogens (tertiary/aromatic N) is 3. The second-order valence-electron chi connectivity index (χ2n) is 4.50. The standard InChI is InChI=1S/C13H12F4N4O/c14-10-3-1-9(2-4-10)12(13(15,16)17)20-11(22)5-6-21-8-18-7-19-21/h1-4,7-8,12H,5-6H2,(H,20,22)/t12-/m1/s1. The van der Waals surface area contributed by atoms with Gasteiger partial charge in [0.1, 0.15) is 18.5 Å². The number of halogens is 4. The average molecular weight is 316 g/mol. The number of carbonyl (C=O) groups is 1. The van der Waals surface area contributed by atoms with Crippen molar-refractivity contribution in [3.63, 3.8) is 0 Å². The predicted molar refractivity (Wildman–Crippen MR) is 68.0 cm³/mol. The largest absolute Gasteiger partial charge is 0.412 e. The first-order valence-corrected chi connectivity index (χ1v) is 6.30. The van der Waals surface area contributed by atoms with E-state index in [1.165, 1.54) is 17.3 Å². The number of hydrogen-bond donors (Lipinski definition) is 1. The first-order chi connectivity index (χ1) is 10.4. The van der Waals surface area contributed by atoms with E-state index in [0.717, 1.165) is 24.3 Å². The van der Waals surface area contributed by atoms with Gasteiger partial charge in [0.05, 0.1) is 6.54 Å². The van der Waals surface area contributed by atoms with Gasteiger partial charge < -0.3 is 5.32 Å². The molecule has 1 heterocycles. The number of aryl methyl sites for hydroxylation is 1. The summed E-state index contributed by atoms with van der Waals surface area (Å²) >= 11 is 0. The molecule has 0 spiro atoms. The minimum Gasteiger partial charge on any atom is -0.341 e. The van der Waals surface area contributed by atoms with E-state index in [1.807, 2.05) is 5.32 Å². The van der Waals surface area contributed by atoms with Crippen molar-refractivity contribution in [3.8, 4) is 0 Å². The molecule has 0 unspecified atom stereocenters. The van der Waals surface area contributed by atoms with Crippen molar-refractivity contribution in [2.45, 2.75) is 25.2 Å². The van der Waals surface area contributed by atoms with Crippen molar-refractivity contribution in [3.05, 3.63) is 48.3 Å². The van der Waals surface area contributed by atoms with E-state index in [9.17, 15) is 22.4 Å². The van der Waals surface area contributed by atoms with E-state index in [-0.39, 0.29) is 18.5 Å². The molecule has 22 heavy (non-hydrogen) atoms. The SMILES string of the molecule is O=C(CCn1cncn1)N[C@H](c1ccc(F)cc1)C(F)(F)F. The maximum Gasteiger partial charge on any atom is 0.412 e. The molecule has 1 aromatic heterocycles. The molecule has 0 saturated carbocycles. The van der Waals surface area contributed by atoms with Crippen LogP contribution in [-0.4, -0.2) is 26.8 Å². The van der Waals surface area contributed by atoms with E-state index in [0.29, 0.717) is 0 Å². The number of carbonyl (C=O) groups excluding carboxylic acids is 1. The first-order valence-electron chi connectivity index (χ1n) is 6.30. The smallest absolute Gasteiger partial charge is 0.341 e. The van der Waals surface area contributed by atoms with Crippen LogP contribution in [0.2, 0.25) is 0 Å². The van der Waals surface area contributed by atoms with Crippen LogP contribution in [-0.2, 0) is 11.3 Å². The lowest BCUT2D eigenvalue weighted by molar-refractivity contribution is -0.163. The Morgan fingerprint density at radius 2 is 1.95 bits per heavy atom. The van der Waals surface area contributed by atoms with E-state index < -0.39 is 23.9 Å². The summed E-state index contributed by atoms with van der Waals surface area (Å²) in [5, 5.41) is 5.65. The summed E-state index contributed by atoms with van der Waals surface area (Å²) in [4.78, 5) is 15.3. The third kappa shape index (κ3) is 4.27. The molecule has 0 aliphatic carbocycles. The predicted octanol–water partition coefficient (Wildman–Crippen LogP) is 2.23. The Morgan fingerprint density at radius 3 is 2.50 bits per heavy atom. The molecule has 9 heteroatoms. The van der Waals surface area contributed by atoms with Crippen LogP contribution in [0.5, 0.6) is 0 Å². The van der Waals surface area contributed by atoms with Gasteiger partial charge in [-0.2, -0.15) is 18.3 Å². The number of amides is 1. The summed E-state index contributed by atoms with van der Waals surface area (Å²) in [5.41, 5.74) is -0.233. The molecular formula is C13H12F4N4O. The summed E-state index contributed by atoms with van der Waals surface area (Å²) in [6.07, 6.45) is -2.25. The summed E-state index contributed by atoms with van der Waals surface area (Å²) in [5.74, 6) is -1.44. The molecular weight excluding hydrogens is 304 g/mol. The van der Waals surface area contributed by atoms with Crippen molar-refractivity contribution in [2.24, 2.45) is 0 Å². The molecule has 1 aromatic carbocycles. The molecule has 118 valence electrons. The van der Waals surface area contributed by atoms with Crippen LogP contribution in [0.25, 0.3) is 0 Å². The van der Waals surface area contributed by atoms with Crippen molar-refractivity contribution in [1.29, 1.82) is 0 Å². The van der Waals surface area contributed by atoms with Gasteiger partial charge in [0.15, 0.2) is 6.04 Å². The molecule has 5 nitrogen and oxygen atoms in total. The number of nitrogens with one attached hydrogen (secondary N) is 1. The molecule has 0 aliphatic heterocycles. The maximum atomic E-state index is 13.0. The molecule has 1 atom stereocenters. The molecule has 0 radical (unpaired) electrons. The summed E-state index contributed by atoms with van der Waals surface area (Å²) < 4.78 is 53.3. The highest BCUT2D eigenvalue weighted by molar-refractivity contribution is 5.76. The van der Waals surface area contributed by atoms with E-state index in [4.69, 9.17) is 0 Å². The maximum absolute atomic E-state index is 13.0. The van der Waals surface area contributed by atoms with Crippen LogP contribution in [0, 0.1) is 5.82 Å². The molecule has 1 amide bonds. The van der Waals surface area contributed by atoms with Gasteiger partial charge in [-0.25, -0.2) is 9.37 Å². The van der Waals surface area contributed by atoms with Gasteiger partial charge in [-0.05, 0) is 17.7 Å². The Balaban J connectivity index is 2.03. The lowest BCUT2D eigenvalue weighted by Crippen LogP contribution is -2.38. The van der Waals surface area contributed by atoms with Gasteiger partial charge in [0.25, 0.3) is 0 Å². The fourth-order valence-electron chi connectivity index (χ4n) is 1.81. The zero-order valence-electron chi connectivity index (χ0n) is 11.2. The number of rotatable bonds is 5. The third-order valence-electron chi connectivity index (χ3n) is 2.87. The normalized spacial score (nSPS) is 12.9. The van der Waals surface area contributed by atoms with Gasteiger partial charge >= 0.3 is 6.18 Å². The minimum absolute atomic E-state index is 0.111. The van der Waals surface area contributed by atoms with Crippen LogP contribution in [0.1, 0.15) is 18.0 Å². The number of hydrogen-bond acceptors (Lipinski definition) is 3. The summed E-state index contributed by atoms with van der Waals surface area (Å²) in [6.45, 7) is 0.111. The highest BCUT2D eigenvalue weighted by atomic mass is 19.4. The number of aromatic nitrogens is 3. The van der Waals surface area contributed by atoms with Gasteiger partial charge in [0, 0.05) is 6.42 Å². The zero-order chi connectivity index (χ0) is 16.2. The number of benzene rings is 1. The second kappa shape index (κ2) is 6.54. The van der Waals surface area contributed by atoms with Crippen molar-refractivity contribution in [2.75, 3.05) is 0 Å². The van der Waals surface area contributed by atoms with Gasteiger partial charge in [0.2, 0.25) is 5.91 Å². The van der Waals surface area contributed by atoms with Crippen LogP contribution in [0.15, 0.2) is 36.9 Å². The molecule has 0 aliphatic rings. The average Bonchev–Trinajstić information content (AvgIpc) is 2.96. The Labute approximate surface area is 123 Å². The fraction of sp³-hybridized carbons (Fsp3) is 0.308. The topological polar surface area (TPSA) is 59.8 Å². The van der Waals surface area contributed by atoms with Crippen LogP contribution in [0.3, 0.4) is 0 Å². The summed E-state index contributed by atoms with van der Waals surface area (Å²) in [6, 6.07) is 1.62. The minimum atomic E-state index is -4.68. The Hall–Kier alpha value is -2.45. The Morgan fingerprint density at radius 1 is 1.27 bits per heavy atom. The van der Waals surface area contributed by atoms with E-state index in [1.54, 1.807) is 0 Å². The van der Waals surface area contributed by atoms with Crippen LogP contribution < -0.4 is 5.32 Å². The fourth-order valence-corrected chi connectivity index (χ4v) is 1.81. The highest BCUT2D eigenvalue weighted by Gasteiger charge is 2.41. The molecule has 0 bridgehead atoms. The highest BCUT2D eigenvalue weighted by Crippen LogP contribution is 2.32. The Kier molecular flexibility index (Phi) is 4.74. The third-order valence-corrected chi connectivity index (χ3v) is 2.87. The van der Waals surface area contributed by atoms with Gasteiger partial charge in [-0.15, -0.1) is 0 Å². The first kappa shape index (κ1) is 15.9. The van der Waals surface area contributed by atoms with Crippen LogP contribution >= 0.6 is 0 Å². The van der Waals surface area contributed by atoms with E-state index in [2.05, 4.69) is 10.1 Å². The van der Waals surface area contributed by atoms with Crippen molar-refractivity contribution < 1.29 is 22.4 Å². The molecule has 1 N–H and O–H groups in total. The molecule has 0 saturated heterocycles. The lowest BCUT2D eigenvalue weighted by atomic mass is 10.1. The lowest BCUT2D eigenvalue weighted by Gasteiger charge is -2.22.